The summed E-state index contributed by atoms with van der Waals surface area (Å²) in [5.74, 6) is -1.10. The van der Waals surface area contributed by atoms with Crippen molar-refractivity contribution < 1.29 is 13.5 Å². The molecule has 0 radical (unpaired) electrons. The van der Waals surface area contributed by atoms with Gasteiger partial charge in [0, 0.05) is 11.8 Å². The van der Waals surface area contributed by atoms with Crippen LogP contribution in [0.25, 0.3) is 17.2 Å². The van der Waals surface area contributed by atoms with E-state index in [0.29, 0.717) is 17.3 Å². The number of aromatic nitrogens is 4. The number of benzene rings is 1. The van der Waals surface area contributed by atoms with Crippen molar-refractivity contribution in [2.75, 3.05) is 6.54 Å². The first-order chi connectivity index (χ1) is 11.5. The van der Waals surface area contributed by atoms with E-state index < -0.39 is 11.6 Å². The first-order valence-electron chi connectivity index (χ1n) is 6.75. The standard InChI is InChI=1S/C13H11BrFN5O3S/c1-6(5-16)24-12-10(17-23-19-12)11-18-22-13(21)20(11)7-2-3-9(15)8(14)4-7/h2-4,6H,5,16H2,1H3. The van der Waals surface area contributed by atoms with Crippen LogP contribution in [-0.2, 0) is 0 Å². The van der Waals surface area contributed by atoms with Gasteiger partial charge >= 0.3 is 5.76 Å². The van der Waals surface area contributed by atoms with E-state index in [1.807, 2.05) is 6.92 Å². The Labute approximate surface area is 147 Å². The van der Waals surface area contributed by atoms with Crippen LogP contribution in [0.2, 0.25) is 0 Å². The summed E-state index contributed by atoms with van der Waals surface area (Å²) in [5.41, 5.74) is 6.20. The molecule has 0 bridgehead atoms. The number of nitrogens with zero attached hydrogens (tertiary/aromatic N) is 4. The Balaban J connectivity index is 2.10. The number of thioether (sulfide) groups is 1. The molecule has 1 aromatic carbocycles. The van der Waals surface area contributed by atoms with Crippen molar-refractivity contribution >= 4 is 27.7 Å². The van der Waals surface area contributed by atoms with Gasteiger partial charge in [0.05, 0.1) is 10.2 Å². The third-order valence-corrected chi connectivity index (χ3v) is 4.77. The molecule has 0 aliphatic heterocycles. The second-order valence-corrected chi connectivity index (χ2v) is 7.07. The summed E-state index contributed by atoms with van der Waals surface area (Å²) in [6.07, 6.45) is 0. The Bertz CT molecular complexity index is 924. The number of rotatable bonds is 5. The van der Waals surface area contributed by atoms with Gasteiger partial charge < -0.3 is 5.73 Å². The van der Waals surface area contributed by atoms with Crippen molar-refractivity contribution in [1.29, 1.82) is 0 Å². The van der Waals surface area contributed by atoms with Crippen molar-refractivity contribution in [1.82, 2.24) is 20.0 Å². The van der Waals surface area contributed by atoms with Gasteiger partial charge in [-0.25, -0.2) is 18.4 Å². The zero-order chi connectivity index (χ0) is 17.3. The van der Waals surface area contributed by atoms with E-state index in [2.05, 4.69) is 31.4 Å². The van der Waals surface area contributed by atoms with Crippen LogP contribution in [0.4, 0.5) is 4.39 Å². The van der Waals surface area contributed by atoms with Crippen LogP contribution in [-0.4, -0.2) is 31.8 Å². The first-order valence-corrected chi connectivity index (χ1v) is 8.42. The lowest BCUT2D eigenvalue weighted by Crippen LogP contribution is -2.14. The molecule has 24 heavy (non-hydrogen) atoms. The van der Waals surface area contributed by atoms with E-state index >= 15 is 0 Å². The highest BCUT2D eigenvalue weighted by atomic mass is 79.9. The van der Waals surface area contributed by atoms with Gasteiger partial charge in [-0.15, -0.1) is 0 Å². The zero-order valence-corrected chi connectivity index (χ0v) is 14.7. The number of halogens is 2. The minimum absolute atomic E-state index is 0.0580. The van der Waals surface area contributed by atoms with Crippen LogP contribution in [0, 0.1) is 5.82 Å². The van der Waals surface area contributed by atoms with Crippen molar-refractivity contribution in [3.63, 3.8) is 0 Å². The molecule has 2 aromatic heterocycles. The Kier molecular flexibility index (Phi) is 4.83. The van der Waals surface area contributed by atoms with Gasteiger partial charge in [0.15, 0.2) is 10.7 Å². The van der Waals surface area contributed by atoms with Crippen LogP contribution < -0.4 is 11.5 Å². The van der Waals surface area contributed by atoms with Crippen LogP contribution in [0.1, 0.15) is 6.92 Å². The quantitative estimate of drug-likeness (QED) is 0.630. The van der Waals surface area contributed by atoms with E-state index in [-0.39, 0.29) is 21.2 Å². The minimum atomic E-state index is -0.741. The van der Waals surface area contributed by atoms with Crippen LogP contribution in [0.5, 0.6) is 0 Å². The van der Waals surface area contributed by atoms with Crippen LogP contribution >= 0.6 is 27.7 Å². The number of hydrogen-bond acceptors (Lipinski definition) is 8. The van der Waals surface area contributed by atoms with Crippen molar-refractivity contribution in [3.05, 3.63) is 39.0 Å². The molecule has 2 heterocycles. The highest BCUT2D eigenvalue weighted by Gasteiger charge is 2.24. The molecule has 0 spiro atoms. The van der Waals surface area contributed by atoms with E-state index in [1.165, 1.54) is 30.0 Å². The van der Waals surface area contributed by atoms with Crippen LogP contribution in [0.3, 0.4) is 0 Å². The molecule has 1 unspecified atom stereocenters. The molecule has 2 N–H and O–H groups in total. The summed E-state index contributed by atoms with van der Waals surface area (Å²) in [6, 6.07) is 4.07. The van der Waals surface area contributed by atoms with Gasteiger partial charge in [0.2, 0.25) is 5.82 Å². The summed E-state index contributed by atoms with van der Waals surface area (Å²) in [7, 11) is 0. The monoisotopic (exact) mass is 415 g/mol. The molecule has 3 rings (SSSR count). The average Bonchev–Trinajstić information content (AvgIpc) is 3.16. The fourth-order valence-electron chi connectivity index (χ4n) is 1.88. The lowest BCUT2D eigenvalue weighted by molar-refractivity contribution is 0.299. The molecule has 0 amide bonds. The molecule has 3 aromatic rings. The normalized spacial score (nSPS) is 12.5. The third-order valence-electron chi connectivity index (χ3n) is 3.08. The summed E-state index contributed by atoms with van der Waals surface area (Å²) in [4.78, 5) is 12.0. The fraction of sp³-hybridized carbons (Fsp3) is 0.231. The molecule has 0 saturated heterocycles. The predicted molar refractivity (Wildman–Crippen MR) is 87.4 cm³/mol. The smallest absolute Gasteiger partial charge is 0.329 e. The maximum Gasteiger partial charge on any atom is 0.446 e. The molecule has 0 saturated carbocycles. The minimum Gasteiger partial charge on any atom is -0.329 e. The number of nitrogens with two attached hydrogens (primary N) is 1. The summed E-state index contributed by atoms with van der Waals surface area (Å²) < 4.78 is 24.3. The van der Waals surface area contributed by atoms with Crippen molar-refractivity contribution in [2.24, 2.45) is 5.73 Å². The highest BCUT2D eigenvalue weighted by molar-refractivity contribution is 9.10. The maximum atomic E-state index is 13.4. The molecule has 0 aliphatic rings. The second kappa shape index (κ2) is 6.87. The lowest BCUT2D eigenvalue weighted by Gasteiger charge is -2.06. The highest BCUT2D eigenvalue weighted by Crippen LogP contribution is 2.30. The topological polar surface area (TPSA) is 113 Å². The summed E-state index contributed by atoms with van der Waals surface area (Å²) >= 11 is 4.41. The van der Waals surface area contributed by atoms with E-state index in [9.17, 15) is 9.18 Å². The van der Waals surface area contributed by atoms with E-state index in [1.54, 1.807) is 0 Å². The van der Waals surface area contributed by atoms with E-state index in [4.69, 9.17) is 14.9 Å². The van der Waals surface area contributed by atoms with Crippen LogP contribution in [0.15, 0.2) is 41.6 Å². The SMILES string of the molecule is CC(CN)Sc1nonc1-c1noc(=O)n1-c1ccc(F)c(Br)c1. The average molecular weight is 416 g/mol. The zero-order valence-electron chi connectivity index (χ0n) is 12.3. The molecular formula is C13H11BrFN5O3S. The fourth-order valence-corrected chi connectivity index (χ4v) is 3.05. The maximum absolute atomic E-state index is 13.4. The molecule has 11 heteroatoms. The Morgan fingerprint density at radius 3 is 2.92 bits per heavy atom. The van der Waals surface area contributed by atoms with E-state index in [0.717, 1.165) is 4.57 Å². The predicted octanol–water partition coefficient (Wildman–Crippen LogP) is 2.22. The molecule has 1 atom stereocenters. The second-order valence-electron chi connectivity index (χ2n) is 4.79. The molecule has 126 valence electrons. The molecular weight excluding hydrogens is 405 g/mol. The number of hydrogen-bond donors (Lipinski definition) is 1. The van der Waals surface area contributed by atoms with Crippen molar-refractivity contribution in [2.45, 2.75) is 17.2 Å². The third kappa shape index (κ3) is 3.14. The van der Waals surface area contributed by atoms with Gasteiger partial charge in [0.1, 0.15) is 5.82 Å². The summed E-state index contributed by atoms with van der Waals surface area (Å²) in [6.45, 7) is 2.34. The lowest BCUT2D eigenvalue weighted by atomic mass is 10.3. The molecule has 0 fully saturated rings. The Morgan fingerprint density at radius 2 is 2.21 bits per heavy atom. The van der Waals surface area contributed by atoms with Gasteiger partial charge in [-0.1, -0.05) is 23.8 Å². The molecule has 8 nitrogen and oxygen atoms in total. The van der Waals surface area contributed by atoms with Gasteiger partial charge in [0.25, 0.3) is 0 Å². The van der Waals surface area contributed by atoms with Gasteiger partial charge in [-0.05, 0) is 44.4 Å². The largest absolute Gasteiger partial charge is 0.446 e. The molecule has 0 aliphatic carbocycles. The first kappa shape index (κ1) is 16.9. The summed E-state index contributed by atoms with van der Waals surface area (Å²) in [5, 5.41) is 11.8. The van der Waals surface area contributed by atoms with Gasteiger partial charge in [-0.2, -0.15) is 0 Å². The van der Waals surface area contributed by atoms with Crippen molar-refractivity contribution in [3.8, 4) is 17.2 Å². The Morgan fingerprint density at radius 1 is 1.42 bits per heavy atom. The Hall–Kier alpha value is -1.98. The van der Waals surface area contributed by atoms with Gasteiger partial charge in [-0.3, -0.25) is 4.52 Å².